The highest BCUT2D eigenvalue weighted by Gasteiger charge is 2.30. The molecule has 0 aromatic carbocycles. The second-order valence-corrected chi connectivity index (χ2v) is 4.08. The van der Waals surface area contributed by atoms with Crippen molar-refractivity contribution in [2.45, 2.75) is 53.9 Å². The van der Waals surface area contributed by atoms with Gasteiger partial charge in [0.15, 0.2) is 0 Å². The second-order valence-electron chi connectivity index (χ2n) is 4.08. The van der Waals surface area contributed by atoms with Crippen LogP contribution in [-0.4, -0.2) is 13.2 Å². The monoisotopic (exact) mass is 200 g/mol. The molecule has 0 spiro atoms. The maximum Gasteiger partial charge on any atom is 0.0494 e. The maximum atomic E-state index is 5.48. The third kappa shape index (κ3) is 4.45. The summed E-state index contributed by atoms with van der Waals surface area (Å²) in [4.78, 5) is 0. The SMILES string of the molecule is CC.CC.CC1CC2COCC(C1)C2. The molecule has 14 heavy (non-hydrogen) atoms. The molecule has 1 aliphatic carbocycles. The third-order valence-corrected chi connectivity index (χ3v) is 2.85. The van der Waals surface area contributed by atoms with E-state index in [1.54, 1.807) is 0 Å². The molecule has 1 heteroatoms. The van der Waals surface area contributed by atoms with Gasteiger partial charge in [-0.15, -0.1) is 0 Å². The molecule has 0 radical (unpaired) electrons. The predicted molar refractivity (Wildman–Crippen MR) is 63.5 cm³/mol. The van der Waals surface area contributed by atoms with Gasteiger partial charge in [0, 0.05) is 13.2 Å². The van der Waals surface area contributed by atoms with Gasteiger partial charge in [-0.2, -0.15) is 0 Å². The van der Waals surface area contributed by atoms with E-state index >= 15 is 0 Å². The Labute approximate surface area is 90.2 Å². The van der Waals surface area contributed by atoms with Crippen LogP contribution in [0.2, 0.25) is 0 Å². The van der Waals surface area contributed by atoms with Crippen molar-refractivity contribution in [1.29, 1.82) is 0 Å². The fourth-order valence-corrected chi connectivity index (χ4v) is 2.57. The van der Waals surface area contributed by atoms with E-state index in [1.807, 2.05) is 27.7 Å². The smallest absolute Gasteiger partial charge is 0.0494 e. The molecule has 0 aromatic rings. The van der Waals surface area contributed by atoms with E-state index in [0.717, 1.165) is 31.0 Å². The Hall–Kier alpha value is -0.0400. The van der Waals surface area contributed by atoms with Crippen molar-refractivity contribution in [2.75, 3.05) is 13.2 Å². The molecular weight excluding hydrogens is 172 g/mol. The summed E-state index contributed by atoms with van der Waals surface area (Å²) in [5.74, 6) is 2.78. The molecule has 2 bridgehead atoms. The average molecular weight is 200 g/mol. The van der Waals surface area contributed by atoms with E-state index in [0.29, 0.717) is 0 Å². The van der Waals surface area contributed by atoms with Crippen molar-refractivity contribution in [2.24, 2.45) is 17.8 Å². The molecule has 1 nitrogen and oxygen atoms in total. The lowest BCUT2D eigenvalue weighted by molar-refractivity contribution is -0.0238. The van der Waals surface area contributed by atoms with E-state index in [4.69, 9.17) is 4.74 Å². The maximum absolute atomic E-state index is 5.48. The van der Waals surface area contributed by atoms with Gasteiger partial charge in [0.25, 0.3) is 0 Å². The van der Waals surface area contributed by atoms with Crippen LogP contribution in [-0.2, 0) is 4.74 Å². The Morgan fingerprint density at radius 3 is 1.64 bits per heavy atom. The zero-order chi connectivity index (χ0) is 11.0. The van der Waals surface area contributed by atoms with E-state index in [1.165, 1.54) is 19.3 Å². The normalized spacial score (nSPS) is 34.5. The molecule has 0 N–H and O–H groups in total. The number of ether oxygens (including phenoxy) is 1. The highest BCUT2D eigenvalue weighted by Crippen LogP contribution is 2.36. The minimum Gasteiger partial charge on any atom is -0.381 e. The summed E-state index contributed by atoms with van der Waals surface area (Å²) in [6.07, 6.45) is 4.28. The van der Waals surface area contributed by atoms with Gasteiger partial charge in [-0.1, -0.05) is 34.6 Å². The Morgan fingerprint density at radius 1 is 0.786 bits per heavy atom. The molecule has 2 fully saturated rings. The largest absolute Gasteiger partial charge is 0.381 e. The molecule has 2 atom stereocenters. The average Bonchev–Trinajstić information content (AvgIpc) is 2.23. The van der Waals surface area contributed by atoms with Gasteiger partial charge in [0.1, 0.15) is 0 Å². The van der Waals surface area contributed by atoms with Gasteiger partial charge in [-0.3, -0.25) is 0 Å². The lowest BCUT2D eigenvalue weighted by Gasteiger charge is -2.37. The van der Waals surface area contributed by atoms with E-state index in [9.17, 15) is 0 Å². The van der Waals surface area contributed by atoms with Gasteiger partial charge in [0.05, 0.1) is 0 Å². The molecule has 86 valence electrons. The van der Waals surface area contributed by atoms with Crippen LogP contribution in [0.25, 0.3) is 0 Å². The van der Waals surface area contributed by atoms with Gasteiger partial charge < -0.3 is 4.74 Å². The van der Waals surface area contributed by atoms with E-state index in [-0.39, 0.29) is 0 Å². The molecule has 1 saturated heterocycles. The summed E-state index contributed by atoms with van der Waals surface area (Å²) >= 11 is 0. The standard InChI is InChI=1S/C9H16O.2C2H6/c1-7-2-8-4-9(3-7)6-10-5-8;2*1-2/h7-9H,2-6H2,1H3;2*1-2H3. The lowest BCUT2D eigenvalue weighted by Crippen LogP contribution is -2.32. The van der Waals surface area contributed by atoms with Crippen LogP contribution in [0.4, 0.5) is 0 Å². The number of fused-ring (bicyclic) bond motifs is 2. The van der Waals surface area contributed by atoms with Crippen molar-refractivity contribution >= 4 is 0 Å². The topological polar surface area (TPSA) is 9.23 Å². The Bertz CT molecular complexity index is 106. The first-order valence-electron chi connectivity index (χ1n) is 6.42. The minimum atomic E-state index is 0.905. The van der Waals surface area contributed by atoms with Crippen molar-refractivity contribution in [1.82, 2.24) is 0 Å². The van der Waals surface area contributed by atoms with Crippen molar-refractivity contribution < 1.29 is 4.74 Å². The second kappa shape index (κ2) is 8.28. The zero-order valence-corrected chi connectivity index (χ0v) is 10.7. The van der Waals surface area contributed by atoms with Crippen LogP contribution in [0.1, 0.15) is 53.9 Å². The van der Waals surface area contributed by atoms with Gasteiger partial charge in [0.2, 0.25) is 0 Å². The molecular formula is C13H28O. The first-order chi connectivity index (χ1) is 6.84. The van der Waals surface area contributed by atoms with Gasteiger partial charge in [-0.05, 0) is 37.0 Å². The quantitative estimate of drug-likeness (QED) is 0.571. The summed E-state index contributed by atoms with van der Waals surface area (Å²) in [7, 11) is 0. The van der Waals surface area contributed by atoms with Crippen LogP contribution >= 0.6 is 0 Å². The highest BCUT2D eigenvalue weighted by molar-refractivity contribution is 4.79. The molecule has 0 aromatic heterocycles. The van der Waals surface area contributed by atoms with E-state index < -0.39 is 0 Å². The lowest BCUT2D eigenvalue weighted by atomic mass is 9.75. The minimum absolute atomic E-state index is 0.905. The summed E-state index contributed by atoms with van der Waals surface area (Å²) < 4.78 is 5.48. The van der Waals surface area contributed by atoms with Gasteiger partial charge in [-0.25, -0.2) is 0 Å². The molecule has 1 aliphatic heterocycles. The van der Waals surface area contributed by atoms with Crippen LogP contribution in [0.5, 0.6) is 0 Å². The Kier molecular flexibility index (Phi) is 8.26. The highest BCUT2D eigenvalue weighted by atomic mass is 16.5. The molecule has 2 rings (SSSR count). The summed E-state index contributed by atoms with van der Waals surface area (Å²) in [5.41, 5.74) is 0. The summed E-state index contributed by atoms with van der Waals surface area (Å²) in [6, 6.07) is 0. The molecule has 1 saturated carbocycles. The zero-order valence-electron chi connectivity index (χ0n) is 10.7. The van der Waals surface area contributed by atoms with Crippen molar-refractivity contribution in [3.05, 3.63) is 0 Å². The summed E-state index contributed by atoms with van der Waals surface area (Å²) in [6.45, 7) is 12.5. The molecule has 2 unspecified atom stereocenters. The Morgan fingerprint density at radius 2 is 1.21 bits per heavy atom. The molecule has 2 aliphatic rings. The van der Waals surface area contributed by atoms with Crippen molar-refractivity contribution in [3.8, 4) is 0 Å². The summed E-state index contributed by atoms with van der Waals surface area (Å²) in [5, 5.41) is 0. The molecule has 0 amide bonds. The van der Waals surface area contributed by atoms with Crippen LogP contribution in [0.3, 0.4) is 0 Å². The first kappa shape index (κ1) is 14.0. The van der Waals surface area contributed by atoms with E-state index in [2.05, 4.69) is 6.92 Å². The van der Waals surface area contributed by atoms with Gasteiger partial charge >= 0.3 is 0 Å². The van der Waals surface area contributed by atoms with Crippen LogP contribution < -0.4 is 0 Å². The predicted octanol–water partition coefficient (Wildman–Crippen LogP) is 4.12. The molecule has 1 heterocycles. The third-order valence-electron chi connectivity index (χ3n) is 2.85. The van der Waals surface area contributed by atoms with Crippen LogP contribution in [0, 0.1) is 17.8 Å². The fourth-order valence-electron chi connectivity index (χ4n) is 2.57. The fraction of sp³-hybridized carbons (Fsp3) is 1.00. The van der Waals surface area contributed by atoms with Crippen LogP contribution in [0.15, 0.2) is 0 Å². The Balaban J connectivity index is 0.000000379. The number of hydrogen-bond acceptors (Lipinski definition) is 1. The number of hydrogen-bond donors (Lipinski definition) is 0. The van der Waals surface area contributed by atoms with Crippen molar-refractivity contribution in [3.63, 3.8) is 0 Å². The first-order valence-corrected chi connectivity index (χ1v) is 6.42. The number of rotatable bonds is 0.